The third-order valence-electron chi connectivity index (χ3n) is 4.91. The average molecular weight is 317 g/mol. The van der Waals surface area contributed by atoms with Crippen LogP contribution in [0.3, 0.4) is 0 Å². The molecule has 0 aromatic carbocycles. The Bertz CT molecular complexity index is 661. The van der Waals surface area contributed by atoms with Gasteiger partial charge in [0.15, 0.2) is 0 Å². The van der Waals surface area contributed by atoms with Crippen LogP contribution in [0.1, 0.15) is 49.5 Å². The van der Waals surface area contributed by atoms with E-state index in [1.165, 1.54) is 41.5 Å². The van der Waals surface area contributed by atoms with Crippen molar-refractivity contribution in [2.24, 2.45) is 0 Å². The van der Waals surface area contributed by atoms with E-state index in [4.69, 9.17) is 4.74 Å². The molecule has 5 heteroatoms. The Labute approximate surface area is 135 Å². The number of fused-ring (bicyclic) bond motifs is 3. The molecular weight excluding hydrogens is 294 g/mol. The summed E-state index contributed by atoms with van der Waals surface area (Å²) in [5, 5.41) is 4.75. The lowest BCUT2D eigenvalue weighted by Crippen LogP contribution is -2.36. The van der Waals surface area contributed by atoms with Crippen LogP contribution in [0, 0.1) is 0 Å². The van der Waals surface area contributed by atoms with Crippen molar-refractivity contribution in [2.75, 3.05) is 6.54 Å². The van der Waals surface area contributed by atoms with Gasteiger partial charge in [0.05, 0.1) is 5.39 Å². The zero-order valence-corrected chi connectivity index (χ0v) is 13.9. The van der Waals surface area contributed by atoms with Crippen LogP contribution < -0.4 is 10.1 Å². The smallest absolute Gasteiger partial charge is 0.225 e. The van der Waals surface area contributed by atoms with Crippen LogP contribution >= 0.6 is 11.3 Å². The first-order valence-electron chi connectivity index (χ1n) is 8.50. The molecule has 2 aromatic heterocycles. The fourth-order valence-electron chi connectivity index (χ4n) is 3.82. The molecule has 0 atom stereocenters. The maximum Gasteiger partial charge on any atom is 0.225 e. The first-order chi connectivity index (χ1) is 10.8. The molecule has 2 aliphatic carbocycles. The second-order valence-corrected chi connectivity index (χ2v) is 7.45. The molecule has 0 aliphatic heterocycles. The van der Waals surface area contributed by atoms with Crippen LogP contribution in [0.25, 0.3) is 10.2 Å². The standard InChI is InChI=1S/C17H23N3OS/c1-2-18-11-6-8-12(9-7-11)21-16-15-13-4-3-5-14(13)22-17(15)20-10-19-16/h10-12,18H,2-9H2,1H3/t11-,12-. The Balaban J connectivity index is 1.53. The van der Waals surface area contributed by atoms with E-state index in [9.17, 15) is 0 Å². The Kier molecular flexibility index (Phi) is 4.01. The van der Waals surface area contributed by atoms with E-state index in [0.29, 0.717) is 12.1 Å². The van der Waals surface area contributed by atoms with Gasteiger partial charge in [-0.05, 0) is 57.1 Å². The fraction of sp³-hybridized carbons (Fsp3) is 0.647. The summed E-state index contributed by atoms with van der Waals surface area (Å²) in [6.07, 6.45) is 10.2. The molecule has 1 saturated carbocycles. The summed E-state index contributed by atoms with van der Waals surface area (Å²) in [7, 11) is 0. The highest BCUT2D eigenvalue weighted by Crippen LogP contribution is 2.40. The van der Waals surface area contributed by atoms with Gasteiger partial charge in [0.2, 0.25) is 5.88 Å². The van der Waals surface area contributed by atoms with Crippen molar-refractivity contribution in [1.29, 1.82) is 0 Å². The van der Waals surface area contributed by atoms with Crippen LogP contribution in [0.2, 0.25) is 0 Å². The molecule has 2 heterocycles. The van der Waals surface area contributed by atoms with E-state index in [0.717, 1.165) is 36.5 Å². The molecule has 118 valence electrons. The summed E-state index contributed by atoms with van der Waals surface area (Å²) in [6, 6.07) is 0.667. The minimum Gasteiger partial charge on any atom is -0.474 e. The number of aryl methyl sites for hydroxylation is 2. The van der Waals surface area contributed by atoms with Gasteiger partial charge < -0.3 is 10.1 Å². The number of nitrogens with zero attached hydrogens (tertiary/aromatic N) is 2. The second-order valence-electron chi connectivity index (χ2n) is 6.37. The Morgan fingerprint density at radius 3 is 2.91 bits per heavy atom. The molecular formula is C17H23N3OS. The molecule has 22 heavy (non-hydrogen) atoms. The van der Waals surface area contributed by atoms with Crippen LogP contribution in [0.15, 0.2) is 6.33 Å². The van der Waals surface area contributed by atoms with Gasteiger partial charge in [-0.15, -0.1) is 11.3 Å². The van der Waals surface area contributed by atoms with E-state index in [1.54, 1.807) is 6.33 Å². The highest BCUT2D eigenvalue weighted by Gasteiger charge is 2.26. The molecule has 1 N–H and O–H groups in total. The van der Waals surface area contributed by atoms with Gasteiger partial charge in [-0.1, -0.05) is 6.92 Å². The molecule has 2 aromatic rings. The summed E-state index contributed by atoms with van der Waals surface area (Å²) in [5.74, 6) is 0.830. The van der Waals surface area contributed by atoms with Gasteiger partial charge in [-0.2, -0.15) is 0 Å². The fourth-order valence-corrected chi connectivity index (χ4v) is 5.04. The largest absolute Gasteiger partial charge is 0.474 e. The Morgan fingerprint density at radius 2 is 2.09 bits per heavy atom. The van der Waals surface area contributed by atoms with E-state index in [-0.39, 0.29) is 0 Å². The number of aromatic nitrogens is 2. The maximum absolute atomic E-state index is 6.31. The van der Waals surface area contributed by atoms with Gasteiger partial charge in [-0.3, -0.25) is 0 Å². The molecule has 0 amide bonds. The van der Waals surface area contributed by atoms with Gasteiger partial charge in [0, 0.05) is 10.9 Å². The topological polar surface area (TPSA) is 47.0 Å². The van der Waals surface area contributed by atoms with Gasteiger partial charge in [0.25, 0.3) is 0 Å². The lowest BCUT2D eigenvalue weighted by molar-refractivity contribution is 0.136. The molecule has 0 saturated heterocycles. The molecule has 1 fully saturated rings. The third-order valence-corrected chi connectivity index (χ3v) is 6.11. The molecule has 2 aliphatic rings. The van der Waals surface area contributed by atoms with Crippen molar-refractivity contribution in [3.05, 3.63) is 16.8 Å². The average Bonchev–Trinajstić information content (AvgIpc) is 3.10. The van der Waals surface area contributed by atoms with Crippen molar-refractivity contribution in [3.63, 3.8) is 0 Å². The third kappa shape index (κ3) is 2.61. The Hall–Kier alpha value is -1.20. The summed E-state index contributed by atoms with van der Waals surface area (Å²) in [5.41, 5.74) is 1.46. The summed E-state index contributed by atoms with van der Waals surface area (Å²) in [6.45, 7) is 3.24. The van der Waals surface area contributed by atoms with Gasteiger partial charge in [0.1, 0.15) is 17.3 Å². The first-order valence-corrected chi connectivity index (χ1v) is 9.32. The van der Waals surface area contributed by atoms with Crippen LogP contribution in [-0.2, 0) is 12.8 Å². The van der Waals surface area contributed by atoms with Crippen LogP contribution in [-0.4, -0.2) is 28.7 Å². The van der Waals surface area contributed by atoms with E-state index in [2.05, 4.69) is 22.2 Å². The zero-order valence-electron chi connectivity index (χ0n) is 13.1. The number of hydrogen-bond acceptors (Lipinski definition) is 5. The molecule has 0 bridgehead atoms. The first kappa shape index (κ1) is 14.4. The molecule has 0 spiro atoms. The normalized spacial score (nSPS) is 24.6. The van der Waals surface area contributed by atoms with Gasteiger partial charge >= 0.3 is 0 Å². The predicted molar refractivity (Wildman–Crippen MR) is 89.8 cm³/mol. The quantitative estimate of drug-likeness (QED) is 0.938. The van der Waals surface area contributed by atoms with E-state index >= 15 is 0 Å². The molecule has 4 nitrogen and oxygen atoms in total. The minimum atomic E-state index is 0.310. The van der Waals surface area contributed by atoms with Crippen molar-refractivity contribution in [2.45, 2.75) is 64.0 Å². The number of ether oxygens (including phenoxy) is 1. The highest BCUT2D eigenvalue weighted by atomic mass is 32.1. The van der Waals surface area contributed by atoms with E-state index in [1.807, 2.05) is 11.3 Å². The monoisotopic (exact) mass is 317 g/mol. The summed E-state index contributed by atoms with van der Waals surface area (Å²) in [4.78, 5) is 11.5. The second kappa shape index (κ2) is 6.13. The van der Waals surface area contributed by atoms with Crippen molar-refractivity contribution < 1.29 is 4.74 Å². The van der Waals surface area contributed by atoms with Crippen molar-refractivity contribution in [3.8, 4) is 5.88 Å². The molecule has 0 radical (unpaired) electrons. The Morgan fingerprint density at radius 1 is 1.23 bits per heavy atom. The summed E-state index contributed by atoms with van der Waals surface area (Å²) < 4.78 is 6.31. The van der Waals surface area contributed by atoms with E-state index < -0.39 is 0 Å². The lowest BCUT2D eigenvalue weighted by Gasteiger charge is -2.29. The predicted octanol–water partition coefficient (Wildman–Crippen LogP) is 3.48. The van der Waals surface area contributed by atoms with Crippen molar-refractivity contribution >= 4 is 21.6 Å². The number of hydrogen-bond donors (Lipinski definition) is 1. The van der Waals surface area contributed by atoms with Gasteiger partial charge in [-0.25, -0.2) is 9.97 Å². The molecule has 4 rings (SSSR count). The SMILES string of the molecule is CCN[C@H]1CC[C@H](Oc2ncnc3sc4c(c23)CCC4)CC1. The number of rotatable bonds is 4. The zero-order chi connectivity index (χ0) is 14.9. The highest BCUT2D eigenvalue weighted by molar-refractivity contribution is 7.18. The van der Waals surface area contributed by atoms with Crippen molar-refractivity contribution in [1.82, 2.24) is 15.3 Å². The van der Waals surface area contributed by atoms with Crippen LogP contribution in [0.5, 0.6) is 5.88 Å². The number of thiophene rings is 1. The lowest BCUT2D eigenvalue weighted by atomic mass is 9.93. The maximum atomic E-state index is 6.31. The minimum absolute atomic E-state index is 0.310. The number of nitrogens with one attached hydrogen (secondary N) is 1. The summed E-state index contributed by atoms with van der Waals surface area (Å²) >= 11 is 1.83. The molecule has 0 unspecified atom stereocenters. The van der Waals surface area contributed by atoms with Crippen LogP contribution in [0.4, 0.5) is 0 Å².